The van der Waals surface area contributed by atoms with E-state index in [9.17, 15) is 19.5 Å². The Hall–Kier alpha value is -2.37. The van der Waals surface area contributed by atoms with Crippen LogP contribution in [-0.4, -0.2) is 28.9 Å². The fraction of sp³-hybridized carbons (Fsp3) is 0.526. The van der Waals surface area contributed by atoms with Crippen LogP contribution in [0.3, 0.4) is 0 Å². The first-order valence-electron chi connectivity index (χ1n) is 8.72. The van der Waals surface area contributed by atoms with Gasteiger partial charge < -0.3 is 15.7 Å². The SMILES string of the molecule is Cc1cc(C(=O)N[C@@H]2CCC[C@@H]2C(=O)O)ccc1NC(=O)CC(C)C. The Bertz CT molecular complexity index is 669. The third kappa shape index (κ3) is 5.05. The zero-order chi connectivity index (χ0) is 18.6. The third-order valence-corrected chi connectivity index (χ3v) is 4.51. The van der Waals surface area contributed by atoms with Crippen molar-refractivity contribution in [2.24, 2.45) is 11.8 Å². The molecule has 0 saturated heterocycles. The fourth-order valence-corrected chi connectivity index (χ4v) is 3.20. The zero-order valence-electron chi connectivity index (χ0n) is 15.0. The number of aryl methyl sites for hydroxylation is 1. The van der Waals surface area contributed by atoms with Crippen LogP contribution in [0.1, 0.15) is 55.5 Å². The maximum atomic E-state index is 12.4. The van der Waals surface area contributed by atoms with Crippen molar-refractivity contribution < 1.29 is 19.5 Å². The summed E-state index contributed by atoms with van der Waals surface area (Å²) in [5.74, 6) is -1.42. The summed E-state index contributed by atoms with van der Waals surface area (Å²) < 4.78 is 0. The van der Waals surface area contributed by atoms with Gasteiger partial charge in [-0.2, -0.15) is 0 Å². The Labute approximate surface area is 148 Å². The van der Waals surface area contributed by atoms with E-state index >= 15 is 0 Å². The van der Waals surface area contributed by atoms with Crippen LogP contribution < -0.4 is 10.6 Å². The first kappa shape index (κ1) is 19.0. The second-order valence-corrected chi connectivity index (χ2v) is 7.13. The summed E-state index contributed by atoms with van der Waals surface area (Å²) in [5.41, 5.74) is 1.95. The molecule has 0 heterocycles. The Morgan fingerprint density at radius 1 is 1.24 bits per heavy atom. The Kier molecular flexibility index (Phi) is 6.17. The largest absolute Gasteiger partial charge is 0.481 e. The van der Waals surface area contributed by atoms with E-state index in [0.29, 0.717) is 30.5 Å². The second-order valence-electron chi connectivity index (χ2n) is 7.13. The van der Waals surface area contributed by atoms with E-state index < -0.39 is 11.9 Å². The molecule has 6 heteroatoms. The smallest absolute Gasteiger partial charge is 0.308 e. The van der Waals surface area contributed by atoms with Crippen molar-refractivity contribution in [2.75, 3.05) is 5.32 Å². The van der Waals surface area contributed by atoms with Gasteiger partial charge in [0.25, 0.3) is 5.91 Å². The number of nitrogens with one attached hydrogen (secondary N) is 2. The summed E-state index contributed by atoms with van der Waals surface area (Å²) in [6.07, 6.45) is 2.53. The molecule has 0 bridgehead atoms. The average molecular weight is 346 g/mol. The van der Waals surface area contributed by atoms with E-state index in [-0.39, 0.29) is 23.8 Å². The average Bonchev–Trinajstić information content (AvgIpc) is 2.96. The highest BCUT2D eigenvalue weighted by Gasteiger charge is 2.34. The molecular formula is C19H26N2O4. The van der Waals surface area contributed by atoms with Crippen LogP contribution in [0.15, 0.2) is 18.2 Å². The number of carboxylic acid groups (broad SMARTS) is 1. The summed E-state index contributed by atoms with van der Waals surface area (Å²) in [6, 6.07) is 4.75. The molecule has 0 spiro atoms. The van der Waals surface area contributed by atoms with Gasteiger partial charge in [0.15, 0.2) is 0 Å². The van der Waals surface area contributed by atoms with E-state index in [0.717, 1.165) is 12.0 Å². The van der Waals surface area contributed by atoms with Crippen molar-refractivity contribution in [3.05, 3.63) is 29.3 Å². The summed E-state index contributed by atoms with van der Waals surface area (Å²) in [7, 11) is 0. The number of benzene rings is 1. The molecule has 1 aromatic rings. The van der Waals surface area contributed by atoms with Gasteiger partial charge in [-0.25, -0.2) is 0 Å². The molecule has 1 aliphatic carbocycles. The van der Waals surface area contributed by atoms with Crippen molar-refractivity contribution in [3.8, 4) is 0 Å². The second kappa shape index (κ2) is 8.14. The van der Waals surface area contributed by atoms with Gasteiger partial charge in [0.2, 0.25) is 5.91 Å². The predicted octanol–water partition coefficient (Wildman–Crippen LogP) is 2.96. The molecule has 3 N–H and O–H groups in total. The van der Waals surface area contributed by atoms with Gasteiger partial charge in [0.1, 0.15) is 0 Å². The maximum absolute atomic E-state index is 12.4. The van der Waals surface area contributed by atoms with E-state index in [1.807, 2.05) is 20.8 Å². The Balaban J connectivity index is 2.03. The van der Waals surface area contributed by atoms with Crippen molar-refractivity contribution in [2.45, 2.75) is 52.5 Å². The lowest BCUT2D eigenvalue weighted by Gasteiger charge is -2.18. The van der Waals surface area contributed by atoms with Crippen LogP contribution in [0.5, 0.6) is 0 Å². The van der Waals surface area contributed by atoms with Crippen molar-refractivity contribution in [3.63, 3.8) is 0 Å². The zero-order valence-corrected chi connectivity index (χ0v) is 15.0. The number of carboxylic acids is 1. The van der Waals surface area contributed by atoms with Gasteiger partial charge >= 0.3 is 5.97 Å². The fourth-order valence-electron chi connectivity index (χ4n) is 3.20. The van der Waals surface area contributed by atoms with Crippen molar-refractivity contribution >= 4 is 23.5 Å². The Morgan fingerprint density at radius 3 is 2.56 bits per heavy atom. The highest BCUT2D eigenvalue weighted by molar-refractivity contribution is 5.97. The molecule has 1 aliphatic rings. The first-order valence-corrected chi connectivity index (χ1v) is 8.72. The summed E-state index contributed by atoms with van der Waals surface area (Å²) >= 11 is 0. The van der Waals surface area contributed by atoms with E-state index in [2.05, 4.69) is 10.6 Å². The summed E-state index contributed by atoms with van der Waals surface area (Å²) in [6.45, 7) is 5.79. The van der Waals surface area contributed by atoms with Gasteiger partial charge in [0.05, 0.1) is 5.92 Å². The number of hydrogen-bond acceptors (Lipinski definition) is 3. The minimum atomic E-state index is -0.859. The molecule has 0 aliphatic heterocycles. The molecule has 0 radical (unpaired) electrons. The van der Waals surface area contributed by atoms with Crippen LogP contribution in [0.25, 0.3) is 0 Å². The topological polar surface area (TPSA) is 95.5 Å². The summed E-state index contributed by atoms with van der Waals surface area (Å²) in [5, 5.41) is 14.9. The molecular weight excluding hydrogens is 320 g/mol. The standard InChI is InChI=1S/C19H26N2O4/c1-11(2)9-17(22)20-15-8-7-13(10-12(15)3)18(23)21-16-6-4-5-14(16)19(24)25/h7-8,10-11,14,16H,4-6,9H2,1-3H3,(H,20,22)(H,21,23)(H,24,25)/t14-,16+/m0/s1. The lowest BCUT2D eigenvalue weighted by Crippen LogP contribution is -2.40. The number of anilines is 1. The van der Waals surface area contributed by atoms with E-state index in [1.165, 1.54) is 0 Å². The third-order valence-electron chi connectivity index (χ3n) is 4.51. The minimum Gasteiger partial charge on any atom is -0.481 e. The van der Waals surface area contributed by atoms with Gasteiger partial charge in [0, 0.05) is 23.7 Å². The van der Waals surface area contributed by atoms with Crippen LogP contribution in [0.2, 0.25) is 0 Å². The van der Waals surface area contributed by atoms with E-state index in [4.69, 9.17) is 0 Å². The molecule has 1 aromatic carbocycles. The summed E-state index contributed by atoms with van der Waals surface area (Å²) in [4.78, 5) is 35.5. The predicted molar refractivity (Wildman–Crippen MR) is 95.5 cm³/mol. The molecule has 2 atom stereocenters. The van der Waals surface area contributed by atoms with Crippen molar-refractivity contribution in [1.29, 1.82) is 0 Å². The number of rotatable bonds is 6. The first-order chi connectivity index (χ1) is 11.8. The quantitative estimate of drug-likeness (QED) is 0.738. The van der Waals surface area contributed by atoms with Gasteiger partial charge in [-0.1, -0.05) is 20.3 Å². The Morgan fingerprint density at radius 2 is 1.96 bits per heavy atom. The van der Waals surface area contributed by atoms with Gasteiger partial charge in [-0.15, -0.1) is 0 Å². The lowest BCUT2D eigenvalue weighted by molar-refractivity contribution is -0.142. The van der Waals surface area contributed by atoms with Crippen LogP contribution in [0, 0.1) is 18.8 Å². The molecule has 1 fully saturated rings. The van der Waals surface area contributed by atoms with Crippen molar-refractivity contribution in [1.82, 2.24) is 5.32 Å². The van der Waals surface area contributed by atoms with E-state index in [1.54, 1.807) is 18.2 Å². The highest BCUT2D eigenvalue weighted by Crippen LogP contribution is 2.26. The van der Waals surface area contributed by atoms with Gasteiger partial charge in [-0.3, -0.25) is 14.4 Å². The monoisotopic (exact) mass is 346 g/mol. The van der Waals surface area contributed by atoms with Gasteiger partial charge in [-0.05, 0) is 49.4 Å². The molecule has 25 heavy (non-hydrogen) atoms. The van der Waals surface area contributed by atoms with Crippen LogP contribution in [0.4, 0.5) is 5.69 Å². The molecule has 0 aromatic heterocycles. The molecule has 2 amide bonds. The molecule has 0 unspecified atom stereocenters. The number of hydrogen-bond donors (Lipinski definition) is 3. The molecule has 136 valence electrons. The molecule has 6 nitrogen and oxygen atoms in total. The number of aliphatic carboxylic acids is 1. The lowest BCUT2D eigenvalue weighted by atomic mass is 10.0. The molecule has 1 saturated carbocycles. The molecule has 2 rings (SSSR count). The number of amides is 2. The van der Waals surface area contributed by atoms with Crippen LogP contribution in [-0.2, 0) is 9.59 Å². The minimum absolute atomic E-state index is 0.0504. The number of carbonyl (C=O) groups excluding carboxylic acids is 2. The number of carbonyl (C=O) groups is 3. The normalized spacial score (nSPS) is 19.7. The van der Waals surface area contributed by atoms with Crippen LogP contribution >= 0.6 is 0 Å². The highest BCUT2D eigenvalue weighted by atomic mass is 16.4. The maximum Gasteiger partial charge on any atom is 0.308 e.